The largest absolute Gasteiger partial charge is 0.508 e. The van der Waals surface area contributed by atoms with Gasteiger partial charge in [0.1, 0.15) is 11.5 Å². The van der Waals surface area contributed by atoms with E-state index >= 15 is 0 Å². The highest BCUT2D eigenvalue weighted by molar-refractivity contribution is 8.54. The molecular weight excluding hydrogens is 367 g/mol. The van der Waals surface area contributed by atoms with Gasteiger partial charge in [-0.05, 0) is 53.7 Å². The summed E-state index contributed by atoms with van der Waals surface area (Å²) in [6.45, 7) is -2.82. The van der Waals surface area contributed by atoms with Crippen molar-refractivity contribution in [2.45, 2.75) is 29.9 Å². The normalized spacial score (nSPS) is 13.6. The van der Waals surface area contributed by atoms with Crippen LogP contribution in [0, 0.1) is 0 Å². The van der Waals surface area contributed by atoms with E-state index in [0.717, 1.165) is 6.07 Å². The quantitative estimate of drug-likeness (QED) is 0.329. The number of phenols is 2. The molecule has 0 saturated carbocycles. The third kappa shape index (κ3) is 4.76. The molecule has 6 N–H and O–H groups in total. The number of phenolic OH excluding ortho intramolecular Hbond substituents is 2. The van der Waals surface area contributed by atoms with Crippen LogP contribution < -0.4 is 0 Å². The van der Waals surface area contributed by atoms with Gasteiger partial charge < -0.3 is 30.2 Å². The van der Waals surface area contributed by atoms with Crippen molar-refractivity contribution in [2.75, 3.05) is 0 Å². The smallest absolute Gasteiger partial charge is 0.388 e. The summed E-state index contributed by atoms with van der Waals surface area (Å²) < 4.78 is 11.3. The molecule has 0 aromatic heterocycles. The third-order valence-electron chi connectivity index (χ3n) is 3.77. The molecule has 1 unspecified atom stereocenters. The summed E-state index contributed by atoms with van der Waals surface area (Å²) in [7, 11) is 0. The molecule has 0 spiro atoms. The number of rotatable bonds is 6. The van der Waals surface area contributed by atoms with E-state index in [1.165, 1.54) is 36.4 Å². The average molecular weight is 386 g/mol. The fourth-order valence-corrected chi connectivity index (χ4v) is 4.60. The lowest BCUT2D eigenvalue weighted by Crippen LogP contribution is -2.33. The molecule has 0 fully saturated rings. The third-order valence-corrected chi connectivity index (χ3v) is 5.86. The summed E-state index contributed by atoms with van der Waals surface area (Å²) in [6, 6.07) is 9.37. The first-order valence-electron chi connectivity index (χ1n) is 7.37. The van der Waals surface area contributed by atoms with Crippen LogP contribution in [0.5, 0.6) is 11.5 Å². The highest BCUT2D eigenvalue weighted by Crippen LogP contribution is 2.57. The van der Waals surface area contributed by atoms with Crippen molar-refractivity contribution in [3.63, 3.8) is 0 Å². The zero-order valence-corrected chi connectivity index (χ0v) is 15.0. The van der Waals surface area contributed by atoms with Crippen molar-refractivity contribution in [1.29, 1.82) is 0 Å². The molecule has 2 aromatic rings. The second kappa shape index (κ2) is 7.37. The molecule has 0 heterocycles. The monoisotopic (exact) mass is 386 g/mol. The Kier molecular flexibility index (Phi) is 5.83. The molecule has 0 bridgehead atoms. The Labute approximate surface area is 148 Å². The minimum Gasteiger partial charge on any atom is -0.508 e. The zero-order chi connectivity index (χ0) is 18.8. The lowest BCUT2D eigenvalue weighted by Gasteiger charge is -2.33. The fraction of sp³-hybridized carbons (Fsp3) is 0.250. The first kappa shape index (κ1) is 19.8. The Morgan fingerprint density at radius 3 is 2.12 bits per heavy atom. The van der Waals surface area contributed by atoms with E-state index in [-0.39, 0.29) is 39.8 Å². The maximum absolute atomic E-state index is 11.3. The molecule has 1 atom stereocenters. The highest BCUT2D eigenvalue weighted by atomic mass is 32.7. The molecule has 0 amide bonds. The first-order valence-corrected chi connectivity index (χ1v) is 10.4. The predicted octanol–water partition coefficient (Wildman–Crippen LogP) is 2.61. The number of aromatic hydroxyl groups is 2. The molecule has 0 saturated heterocycles. The van der Waals surface area contributed by atoms with Crippen LogP contribution in [0.1, 0.15) is 30.4 Å². The summed E-state index contributed by atoms with van der Waals surface area (Å²) >= 11 is 0.184. The molecule has 136 valence electrons. The van der Waals surface area contributed by atoms with Gasteiger partial charge in [-0.15, -0.1) is 0 Å². The van der Waals surface area contributed by atoms with Crippen molar-refractivity contribution in [2.24, 2.45) is 0 Å². The van der Waals surface area contributed by atoms with E-state index in [0.29, 0.717) is 5.56 Å². The topological polar surface area (TPSA) is 138 Å². The molecule has 2 rings (SSSR count). The number of aliphatic hydroxyl groups is 2. The standard InChI is InChI=1S/C16H19O7PS/c1-2-13(10-3-5-11(17)6-4-10)16(19,20)14-9-12(18)7-8-15(14)25-24(21,22)23/h3-9,13,17-20H,2H2,1H3,(H2,21,22,23). The summed E-state index contributed by atoms with van der Waals surface area (Å²) in [6.07, 6.45) is 0.285. The molecule has 0 aliphatic rings. The van der Waals surface area contributed by atoms with Crippen LogP contribution in [-0.2, 0) is 10.4 Å². The molecule has 7 nitrogen and oxygen atoms in total. The second-order valence-electron chi connectivity index (χ2n) is 5.54. The predicted molar refractivity (Wildman–Crippen MR) is 93.3 cm³/mol. The summed E-state index contributed by atoms with van der Waals surface area (Å²) in [5, 5.41) is 40.7. The maximum Gasteiger partial charge on any atom is 0.388 e. The fourth-order valence-electron chi connectivity index (χ4n) is 2.66. The minimum absolute atomic E-state index is 0.0233. The van der Waals surface area contributed by atoms with Gasteiger partial charge in [-0.25, -0.2) is 4.57 Å². The van der Waals surface area contributed by atoms with Gasteiger partial charge in [0.05, 0.1) is 0 Å². The maximum atomic E-state index is 11.3. The lowest BCUT2D eigenvalue weighted by atomic mass is 9.84. The van der Waals surface area contributed by atoms with Gasteiger partial charge in [0, 0.05) is 16.4 Å². The molecule has 25 heavy (non-hydrogen) atoms. The molecular formula is C16H19O7PS. The van der Waals surface area contributed by atoms with Gasteiger partial charge in [0.15, 0.2) is 5.79 Å². The second-order valence-corrected chi connectivity index (χ2v) is 9.12. The number of hydrogen-bond donors (Lipinski definition) is 6. The summed E-state index contributed by atoms with van der Waals surface area (Å²) in [5.74, 6) is -3.60. The van der Waals surface area contributed by atoms with Gasteiger partial charge >= 0.3 is 6.80 Å². The number of hydrogen-bond acceptors (Lipinski definition) is 6. The van der Waals surface area contributed by atoms with Crippen LogP contribution in [-0.4, -0.2) is 30.2 Å². The van der Waals surface area contributed by atoms with E-state index in [1.807, 2.05) is 0 Å². The van der Waals surface area contributed by atoms with Crippen LogP contribution in [0.15, 0.2) is 47.4 Å². The lowest BCUT2D eigenvalue weighted by molar-refractivity contribution is -0.191. The highest BCUT2D eigenvalue weighted by Gasteiger charge is 2.39. The van der Waals surface area contributed by atoms with E-state index in [9.17, 15) is 34.8 Å². The average Bonchev–Trinajstić information content (AvgIpc) is 2.50. The van der Waals surface area contributed by atoms with Crippen molar-refractivity contribution in [3.8, 4) is 11.5 Å². The molecule has 0 aliphatic carbocycles. The zero-order valence-electron chi connectivity index (χ0n) is 13.3. The minimum atomic E-state index is -4.54. The van der Waals surface area contributed by atoms with Crippen molar-refractivity contribution >= 4 is 18.2 Å². The van der Waals surface area contributed by atoms with Gasteiger partial charge in [-0.1, -0.05) is 19.1 Å². The van der Waals surface area contributed by atoms with Crippen LogP contribution >= 0.6 is 18.2 Å². The van der Waals surface area contributed by atoms with Crippen molar-refractivity contribution < 1.29 is 34.8 Å². The molecule has 2 aromatic carbocycles. The van der Waals surface area contributed by atoms with Crippen LogP contribution in [0.2, 0.25) is 0 Å². The Hall–Kier alpha value is -1.54. The van der Waals surface area contributed by atoms with Gasteiger partial charge in [-0.3, -0.25) is 0 Å². The Morgan fingerprint density at radius 2 is 1.60 bits per heavy atom. The van der Waals surface area contributed by atoms with Gasteiger partial charge in [0.25, 0.3) is 0 Å². The molecule has 0 aliphatic heterocycles. The van der Waals surface area contributed by atoms with Crippen molar-refractivity contribution in [1.82, 2.24) is 0 Å². The van der Waals surface area contributed by atoms with E-state index in [1.54, 1.807) is 6.92 Å². The van der Waals surface area contributed by atoms with Crippen LogP contribution in [0.3, 0.4) is 0 Å². The molecule has 9 heteroatoms. The Bertz CT molecular complexity index is 786. The Balaban J connectivity index is 2.54. The SMILES string of the molecule is CCC(c1ccc(O)cc1)C(O)(O)c1cc(O)ccc1SP(=O)(O)O. The molecule has 0 radical (unpaired) electrons. The van der Waals surface area contributed by atoms with Gasteiger partial charge in [0.2, 0.25) is 0 Å². The summed E-state index contributed by atoms with van der Waals surface area (Å²) in [4.78, 5) is 18.3. The van der Waals surface area contributed by atoms with Crippen LogP contribution in [0.4, 0.5) is 0 Å². The number of benzene rings is 2. The Morgan fingerprint density at radius 1 is 1.04 bits per heavy atom. The van der Waals surface area contributed by atoms with E-state index in [2.05, 4.69) is 0 Å². The van der Waals surface area contributed by atoms with Crippen molar-refractivity contribution in [3.05, 3.63) is 53.6 Å². The van der Waals surface area contributed by atoms with E-state index < -0.39 is 18.5 Å². The van der Waals surface area contributed by atoms with Gasteiger partial charge in [-0.2, -0.15) is 0 Å². The van der Waals surface area contributed by atoms with Crippen LogP contribution in [0.25, 0.3) is 0 Å². The first-order chi connectivity index (χ1) is 11.5. The summed E-state index contributed by atoms with van der Waals surface area (Å²) in [5.41, 5.74) is 0.307. The van der Waals surface area contributed by atoms with E-state index in [4.69, 9.17) is 0 Å².